The van der Waals surface area contributed by atoms with Gasteiger partial charge in [0.05, 0.1) is 24.4 Å². The van der Waals surface area contributed by atoms with E-state index in [0.29, 0.717) is 23.4 Å². The normalized spacial score (nSPS) is 9.50. The van der Waals surface area contributed by atoms with Crippen LogP contribution in [0.2, 0.25) is 0 Å². The number of hydrogen-bond acceptors (Lipinski definition) is 5. The summed E-state index contributed by atoms with van der Waals surface area (Å²) in [6.07, 6.45) is 0.451. The van der Waals surface area contributed by atoms with Crippen LogP contribution in [0.3, 0.4) is 0 Å². The summed E-state index contributed by atoms with van der Waals surface area (Å²) < 4.78 is 4.62. The van der Waals surface area contributed by atoms with E-state index < -0.39 is 5.97 Å². The summed E-state index contributed by atoms with van der Waals surface area (Å²) >= 11 is 1.46. The summed E-state index contributed by atoms with van der Waals surface area (Å²) in [6.45, 7) is 0. The third-order valence-corrected chi connectivity index (χ3v) is 3.02. The highest BCUT2D eigenvalue weighted by atomic mass is 32.2. The predicted octanol–water partition coefficient (Wildman–Crippen LogP) is 2.06. The van der Waals surface area contributed by atoms with Gasteiger partial charge in [-0.05, 0) is 12.1 Å². The summed E-state index contributed by atoms with van der Waals surface area (Å²) in [7, 11) is 1.32. The third kappa shape index (κ3) is 2.91. The van der Waals surface area contributed by atoms with Crippen molar-refractivity contribution in [3.05, 3.63) is 23.8 Å². The number of para-hydroxylation sites is 1. The minimum atomic E-state index is -0.444. The minimum absolute atomic E-state index is 0.365. The van der Waals surface area contributed by atoms with Crippen LogP contribution in [0, 0.1) is 11.3 Å². The fraction of sp³-hybridized carbons (Fsp3) is 0.273. The number of nitrogens with zero attached hydrogens (tertiary/aromatic N) is 1. The Morgan fingerprint density at radius 2 is 2.38 bits per heavy atom. The van der Waals surface area contributed by atoms with Crippen molar-refractivity contribution in [2.75, 3.05) is 18.6 Å². The lowest BCUT2D eigenvalue weighted by atomic mass is 10.2. The van der Waals surface area contributed by atoms with Gasteiger partial charge in [-0.3, -0.25) is 0 Å². The smallest absolute Gasteiger partial charge is 0.339 e. The van der Waals surface area contributed by atoms with Gasteiger partial charge in [0.15, 0.2) is 0 Å². The lowest BCUT2D eigenvalue weighted by Crippen LogP contribution is -2.06. The Kier molecular flexibility index (Phi) is 4.67. The van der Waals surface area contributed by atoms with Gasteiger partial charge in [-0.1, -0.05) is 6.07 Å². The number of anilines is 1. The van der Waals surface area contributed by atoms with Crippen LogP contribution in [0.5, 0.6) is 0 Å². The molecule has 1 aromatic carbocycles. The third-order valence-electron chi connectivity index (χ3n) is 1.94. The van der Waals surface area contributed by atoms with Crippen molar-refractivity contribution in [1.82, 2.24) is 0 Å². The van der Waals surface area contributed by atoms with E-state index in [0.717, 1.165) is 4.90 Å². The second-order valence-corrected chi connectivity index (χ2v) is 4.10. The van der Waals surface area contributed by atoms with Gasteiger partial charge < -0.3 is 10.5 Å². The maximum absolute atomic E-state index is 11.4. The molecule has 0 atom stereocenters. The van der Waals surface area contributed by atoms with Gasteiger partial charge in [-0.25, -0.2) is 4.79 Å². The van der Waals surface area contributed by atoms with Crippen LogP contribution in [0.4, 0.5) is 5.69 Å². The number of ether oxygens (including phenoxy) is 1. The molecule has 0 fully saturated rings. The van der Waals surface area contributed by atoms with Crippen LogP contribution in [0.1, 0.15) is 16.8 Å². The molecule has 1 rings (SSSR count). The van der Waals surface area contributed by atoms with Crippen LogP contribution < -0.4 is 5.73 Å². The summed E-state index contributed by atoms with van der Waals surface area (Å²) in [5.74, 6) is 0.214. The van der Waals surface area contributed by atoms with Crippen molar-refractivity contribution < 1.29 is 9.53 Å². The number of thioether (sulfide) groups is 1. The van der Waals surface area contributed by atoms with E-state index in [4.69, 9.17) is 11.0 Å². The molecule has 0 aromatic heterocycles. The van der Waals surface area contributed by atoms with E-state index in [1.165, 1.54) is 18.9 Å². The first-order valence-corrected chi connectivity index (χ1v) is 5.65. The second-order valence-electron chi connectivity index (χ2n) is 2.97. The van der Waals surface area contributed by atoms with Crippen LogP contribution >= 0.6 is 11.8 Å². The summed E-state index contributed by atoms with van der Waals surface area (Å²) in [4.78, 5) is 12.2. The fourth-order valence-electron chi connectivity index (χ4n) is 1.16. The molecule has 0 unspecified atom stereocenters. The zero-order valence-electron chi connectivity index (χ0n) is 8.90. The van der Waals surface area contributed by atoms with E-state index in [9.17, 15) is 4.79 Å². The Labute approximate surface area is 98.4 Å². The Hall–Kier alpha value is -1.67. The molecule has 0 amide bonds. The average Bonchev–Trinajstić information content (AvgIpc) is 2.30. The molecule has 1 aromatic rings. The van der Waals surface area contributed by atoms with E-state index in [1.807, 2.05) is 6.07 Å². The molecule has 5 heteroatoms. The number of nitrogen functional groups attached to an aromatic ring is 1. The number of benzene rings is 1. The van der Waals surface area contributed by atoms with Crippen molar-refractivity contribution in [2.24, 2.45) is 0 Å². The zero-order valence-corrected chi connectivity index (χ0v) is 9.71. The van der Waals surface area contributed by atoms with Crippen molar-refractivity contribution in [3.8, 4) is 6.07 Å². The van der Waals surface area contributed by atoms with Crippen LogP contribution in [0.25, 0.3) is 0 Å². The van der Waals surface area contributed by atoms with Gasteiger partial charge in [0, 0.05) is 17.1 Å². The molecule has 0 spiro atoms. The lowest BCUT2D eigenvalue weighted by Gasteiger charge is -2.08. The highest BCUT2D eigenvalue weighted by Crippen LogP contribution is 2.28. The number of nitrogens with two attached hydrogens (primary N) is 1. The molecule has 0 bridgehead atoms. The maximum Gasteiger partial charge on any atom is 0.339 e. The fourth-order valence-corrected chi connectivity index (χ4v) is 2.02. The maximum atomic E-state index is 11.4. The number of esters is 1. The van der Waals surface area contributed by atoms with Crippen LogP contribution in [-0.2, 0) is 4.74 Å². The van der Waals surface area contributed by atoms with Gasteiger partial charge in [0.2, 0.25) is 0 Å². The molecule has 4 nitrogen and oxygen atoms in total. The topological polar surface area (TPSA) is 76.1 Å². The molecule has 0 aliphatic rings. The van der Waals surface area contributed by atoms with Crippen molar-refractivity contribution in [3.63, 3.8) is 0 Å². The number of carbonyl (C=O) groups is 1. The molecule has 0 aliphatic heterocycles. The van der Waals surface area contributed by atoms with Gasteiger partial charge in [0.1, 0.15) is 0 Å². The molecule has 0 radical (unpaired) electrons. The molecule has 2 N–H and O–H groups in total. The average molecular weight is 236 g/mol. The van der Waals surface area contributed by atoms with E-state index in [-0.39, 0.29) is 0 Å². The molecule has 0 aliphatic carbocycles. The largest absolute Gasteiger partial charge is 0.465 e. The standard InChI is InChI=1S/C11H12N2O2S/c1-15-11(14)8-4-2-5-9(10(8)13)16-7-3-6-12/h2,4-5H,3,7,13H2,1H3. The first kappa shape index (κ1) is 12.4. The predicted molar refractivity (Wildman–Crippen MR) is 63.1 cm³/mol. The minimum Gasteiger partial charge on any atom is -0.465 e. The first-order chi connectivity index (χ1) is 7.70. The number of nitriles is 1. The molecular weight excluding hydrogens is 224 g/mol. The SMILES string of the molecule is COC(=O)c1cccc(SCCC#N)c1N. The van der Waals surface area contributed by atoms with Crippen molar-refractivity contribution in [1.29, 1.82) is 5.26 Å². The van der Waals surface area contributed by atoms with E-state index >= 15 is 0 Å². The number of hydrogen-bond donors (Lipinski definition) is 1. The van der Waals surface area contributed by atoms with Gasteiger partial charge in [-0.15, -0.1) is 11.8 Å². The summed E-state index contributed by atoms with van der Waals surface area (Å²) in [5, 5.41) is 8.43. The van der Waals surface area contributed by atoms with Crippen molar-refractivity contribution >= 4 is 23.4 Å². The first-order valence-electron chi connectivity index (χ1n) is 4.67. The number of methoxy groups -OCH3 is 1. The molecule has 84 valence electrons. The van der Waals surface area contributed by atoms with Gasteiger partial charge >= 0.3 is 5.97 Å². The highest BCUT2D eigenvalue weighted by Gasteiger charge is 2.12. The monoisotopic (exact) mass is 236 g/mol. The Morgan fingerprint density at radius 1 is 1.62 bits per heavy atom. The lowest BCUT2D eigenvalue weighted by molar-refractivity contribution is 0.0601. The highest BCUT2D eigenvalue weighted by molar-refractivity contribution is 7.99. The number of carbonyl (C=O) groups excluding carboxylic acids is 1. The second kappa shape index (κ2) is 6.03. The molecule has 0 heterocycles. The Morgan fingerprint density at radius 3 is 3.00 bits per heavy atom. The van der Waals surface area contributed by atoms with Gasteiger partial charge in [0.25, 0.3) is 0 Å². The Balaban J connectivity index is 2.87. The molecular formula is C11H12N2O2S. The summed E-state index contributed by atoms with van der Waals surface area (Å²) in [5.41, 5.74) is 6.62. The quantitative estimate of drug-likeness (QED) is 0.375. The van der Waals surface area contributed by atoms with Crippen LogP contribution in [0.15, 0.2) is 23.1 Å². The zero-order chi connectivity index (χ0) is 12.0. The van der Waals surface area contributed by atoms with Gasteiger partial charge in [-0.2, -0.15) is 5.26 Å². The van der Waals surface area contributed by atoms with Crippen LogP contribution in [-0.4, -0.2) is 18.8 Å². The van der Waals surface area contributed by atoms with Crippen molar-refractivity contribution in [2.45, 2.75) is 11.3 Å². The molecule has 0 saturated carbocycles. The summed E-state index contributed by atoms with van der Waals surface area (Å²) in [6, 6.07) is 7.24. The molecule has 16 heavy (non-hydrogen) atoms. The van der Waals surface area contributed by atoms with E-state index in [2.05, 4.69) is 10.8 Å². The van der Waals surface area contributed by atoms with E-state index in [1.54, 1.807) is 12.1 Å². The Bertz CT molecular complexity index is 426. The molecule has 0 saturated heterocycles. The number of rotatable bonds is 4.